The second kappa shape index (κ2) is 8.78. The summed E-state index contributed by atoms with van der Waals surface area (Å²) in [5, 5.41) is 9.31. The van der Waals surface area contributed by atoms with E-state index in [4.69, 9.17) is 21.4 Å². The van der Waals surface area contributed by atoms with E-state index in [-0.39, 0.29) is 12.2 Å². The number of aliphatic hydroxyl groups is 1. The molecule has 102 valence electrons. The van der Waals surface area contributed by atoms with Gasteiger partial charge in [0.25, 0.3) is 0 Å². The van der Waals surface area contributed by atoms with Gasteiger partial charge in [-0.1, -0.05) is 25.4 Å². The van der Waals surface area contributed by atoms with Crippen molar-refractivity contribution in [3.63, 3.8) is 0 Å². The maximum Gasteiger partial charge on any atom is 0.341 e. The van der Waals surface area contributed by atoms with Crippen LogP contribution < -0.4 is 4.74 Å². The van der Waals surface area contributed by atoms with Gasteiger partial charge in [-0.25, -0.2) is 4.79 Å². The van der Waals surface area contributed by atoms with Crippen LogP contribution in [0.2, 0.25) is 5.02 Å². The SMILES string of the molecule is CC.COC(=O)c1cc(Cl)cc(CCO)c1OC. The van der Waals surface area contributed by atoms with Crippen LogP contribution in [-0.2, 0) is 11.2 Å². The van der Waals surface area contributed by atoms with Crippen molar-refractivity contribution in [2.75, 3.05) is 20.8 Å². The monoisotopic (exact) mass is 274 g/mol. The quantitative estimate of drug-likeness (QED) is 0.858. The number of hydrogen-bond donors (Lipinski definition) is 1. The molecule has 0 saturated carbocycles. The summed E-state index contributed by atoms with van der Waals surface area (Å²) >= 11 is 5.87. The number of benzene rings is 1. The first-order valence-electron chi connectivity index (χ1n) is 5.69. The molecule has 0 aliphatic rings. The zero-order valence-corrected chi connectivity index (χ0v) is 11.9. The average molecular weight is 275 g/mol. The summed E-state index contributed by atoms with van der Waals surface area (Å²) in [6.45, 7) is 3.96. The highest BCUT2D eigenvalue weighted by atomic mass is 35.5. The number of rotatable bonds is 4. The second-order valence-electron chi connectivity index (χ2n) is 3.11. The normalized spacial score (nSPS) is 9.22. The van der Waals surface area contributed by atoms with Crippen LogP contribution in [0, 0.1) is 0 Å². The number of hydrogen-bond acceptors (Lipinski definition) is 4. The molecule has 0 spiro atoms. The van der Waals surface area contributed by atoms with Gasteiger partial charge < -0.3 is 14.6 Å². The van der Waals surface area contributed by atoms with E-state index in [0.717, 1.165) is 0 Å². The number of methoxy groups -OCH3 is 2. The number of carbonyl (C=O) groups is 1. The number of carbonyl (C=O) groups excluding carboxylic acids is 1. The lowest BCUT2D eigenvalue weighted by molar-refractivity contribution is 0.0596. The minimum atomic E-state index is -0.515. The molecule has 0 amide bonds. The Hall–Kier alpha value is -1.26. The molecule has 0 saturated heterocycles. The third-order valence-electron chi connectivity index (χ3n) is 2.12. The van der Waals surface area contributed by atoms with Crippen LogP contribution in [0.3, 0.4) is 0 Å². The Bertz CT molecular complexity index is 391. The Morgan fingerprint density at radius 3 is 2.39 bits per heavy atom. The van der Waals surface area contributed by atoms with E-state index in [1.165, 1.54) is 20.3 Å². The molecule has 1 aromatic carbocycles. The fraction of sp³-hybridized carbons (Fsp3) is 0.462. The van der Waals surface area contributed by atoms with E-state index in [9.17, 15) is 4.79 Å². The summed E-state index contributed by atoms with van der Waals surface area (Å²) in [6.07, 6.45) is 0.369. The summed E-state index contributed by atoms with van der Waals surface area (Å²) in [5.41, 5.74) is 0.943. The highest BCUT2D eigenvalue weighted by Crippen LogP contribution is 2.29. The molecule has 0 aromatic heterocycles. The van der Waals surface area contributed by atoms with E-state index in [1.807, 2.05) is 13.8 Å². The highest BCUT2D eigenvalue weighted by Gasteiger charge is 2.17. The molecule has 1 aromatic rings. The summed E-state index contributed by atoms with van der Waals surface area (Å²) in [7, 11) is 2.74. The van der Waals surface area contributed by atoms with Crippen molar-refractivity contribution in [2.24, 2.45) is 0 Å². The molecule has 18 heavy (non-hydrogen) atoms. The molecule has 5 heteroatoms. The van der Waals surface area contributed by atoms with Crippen LogP contribution in [0.4, 0.5) is 0 Å². The predicted molar refractivity (Wildman–Crippen MR) is 71.5 cm³/mol. The molecule has 0 bridgehead atoms. The molecule has 0 heterocycles. The first-order chi connectivity index (χ1) is 8.63. The van der Waals surface area contributed by atoms with Gasteiger partial charge in [-0.2, -0.15) is 0 Å². The van der Waals surface area contributed by atoms with Gasteiger partial charge >= 0.3 is 5.97 Å². The van der Waals surface area contributed by atoms with Crippen LogP contribution >= 0.6 is 11.6 Å². The van der Waals surface area contributed by atoms with Crippen molar-refractivity contribution in [1.29, 1.82) is 0 Å². The van der Waals surface area contributed by atoms with E-state index in [2.05, 4.69) is 4.74 Å². The third kappa shape index (κ3) is 4.20. The Kier molecular flexibility index (Phi) is 8.16. The van der Waals surface area contributed by atoms with E-state index >= 15 is 0 Å². The summed E-state index contributed by atoms with van der Waals surface area (Å²) in [6, 6.07) is 3.14. The first-order valence-corrected chi connectivity index (χ1v) is 6.07. The molecule has 0 radical (unpaired) electrons. The number of aliphatic hydroxyl groups excluding tert-OH is 1. The van der Waals surface area contributed by atoms with Gasteiger partial charge in [-0.3, -0.25) is 0 Å². The summed E-state index contributed by atoms with van der Waals surface area (Å²) in [5.74, 6) is -0.121. The fourth-order valence-corrected chi connectivity index (χ4v) is 1.70. The first kappa shape index (κ1) is 16.7. The number of halogens is 1. The lowest BCUT2D eigenvalue weighted by atomic mass is 10.1. The molecule has 1 N–H and O–H groups in total. The zero-order valence-electron chi connectivity index (χ0n) is 11.1. The minimum Gasteiger partial charge on any atom is -0.496 e. The van der Waals surface area contributed by atoms with Crippen molar-refractivity contribution in [3.8, 4) is 5.75 Å². The maximum atomic E-state index is 11.5. The van der Waals surface area contributed by atoms with Crippen LogP contribution in [-0.4, -0.2) is 31.9 Å². The summed E-state index contributed by atoms with van der Waals surface area (Å²) < 4.78 is 9.76. The molecule has 0 fully saturated rings. The second-order valence-corrected chi connectivity index (χ2v) is 3.55. The predicted octanol–water partition coefficient (Wildman–Crippen LogP) is 2.70. The minimum absolute atomic E-state index is 0.0443. The van der Waals surface area contributed by atoms with Gasteiger partial charge in [0.2, 0.25) is 0 Å². The number of ether oxygens (including phenoxy) is 2. The van der Waals surface area contributed by atoms with Crippen molar-refractivity contribution in [2.45, 2.75) is 20.3 Å². The van der Waals surface area contributed by atoms with Gasteiger partial charge in [-0.05, 0) is 24.1 Å². The highest BCUT2D eigenvalue weighted by molar-refractivity contribution is 6.31. The largest absolute Gasteiger partial charge is 0.496 e. The Labute approximate surface area is 112 Å². The maximum absolute atomic E-state index is 11.5. The smallest absolute Gasteiger partial charge is 0.341 e. The van der Waals surface area contributed by atoms with E-state index < -0.39 is 5.97 Å². The van der Waals surface area contributed by atoms with Gasteiger partial charge in [0.1, 0.15) is 11.3 Å². The van der Waals surface area contributed by atoms with Crippen LogP contribution in [0.1, 0.15) is 29.8 Å². The molecule has 0 unspecified atom stereocenters. The molecule has 4 nitrogen and oxygen atoms in total. The van der Waals surface area contributed by atoms with Crippen LogP contribution in [0.25, 0.3) is 0 Å². The molecular weight excluding hydrogens is 256 g/mol. The topological polar surface area (TPSA) is 55.8 Å². The van der Waals surface area contributed by atoms with Crippen LogP contribution in [0.5, 0.6) is 5.75 Å². The molecular formula is C13H19ClO4. The standard InChI is InChI=1S/C11H13ClO4.C2H6/c1-15-10-7(3-4-13)5-8(12)6-9(10)11(14)16-2;1-2/h5-6,13H,3-4H2,1-2H3;1-2H3. The zero-order chi connectivity index (χ0) is 14.1. The lowest BCUT2D eigenvalue weighted by Crippen LogP contribution is -2.07. The van der Waals surface area contributed by atoms with Gasteiger partial charge in [0, 0.05) is 11.6 Å². The van der Waals surface area contributed by atoms with Crippen molar-refractivity contribution < 1.29 is 19.4 Å². The van der Waals surface area contributed by atoms with Gasteiger partial charge in [-0.15, -0.1) is 0 Å². The Morgan fingerprint density at radius 1 is 1.33 bits per heavy atom. The molecule has 0 atom stereocenters. The van der Waals surface area contributed by atoms with Gasteiger partial charge in [0.15, 0.2) is 0 Å². The number of esters is 1. The Balaban J connectivity index is 0.00000137. The average Bonchev–Trinajstić information content (AvgIpc) is 2.40. The van der Waals surface area contributed by atoms with E-state index in [1.54, 1.807) is 6.07 Å². The van der Waals surface area contributed by atoms with Crippen molar-refractivity contribution >= 4 is 17.6 Å². The molecule has 1 rings (SSSR count). The van der Waals surface area contributed by atoms with Gasteiger partial charge in [0.05, 0.1) is 14.2 Å². The summed E-state index contributed by atoms with van der Waals surface area (Å²) in [4.78, 5) is 11.5. The van der Waals surface area contributed by atoms with Crippen molar-refractivity contribution in [3.05, 3.63) is 28.3 Å². The third-order valence-corrected chi connectivity index (χ3v) is 2.34. The fourth-order valence-electron chi connectivity index (χ4n) is 1.46. The Morgan fingerprint density at radius 2 is 1.94 bits per heavy atom. The van der Waals surface area contributed by atoms with Crippen LogP contribution in [0.15, 0.2) is 12.1 Å². The van der Waals surface area contributed by atoms with Crippen molar-refractivity contribution in [1.82, 2.24) is 0 Å². The molecule has 0 aliphatic heterocycles. The lowest BCUT2D eigenvalue weighted by Gasteiger charge is -2.12. The molecule has 0 aliphatic carbocycles. The van der Waals surface area contributed by atoms with E-state index in [0.29, 0.717) is 22.8 Å².